The number of nitrogens with zero attached hydrogens (tertiary/aromatic N) is 3. The Bertz CT molecular complexity index is 82.1. The normalized spacial score (nSPS) is 6.86. The largest absolute Gasteiger partial charge is 0.139 e. The smallest absolute Gasteiger partial charge is 0.0529 e. The third kappa shape index (κ3) is 2.50. The van der Waals surface area contributed by atoms with E-state index < -0.39 is 0 Å². The SMILES string of the molecule is [Sn].c1cnnnc1. The molecule has 7 heavy (non-hydrogen) atoms. The molecular formula is C3H3N3Sn. The van der Waals surface area contributed by atoms with Crippen LogP contribution in [0.3, 0.4) is 0 Å². The van der Waals surface area contributed by atoms with Crippen LogP contribution in [0, 0.1) is 0 Å². The zero-order chi connectivity index (χ0) is 4.24. The van der Waals surface area contributed by atoms with Gasteiger partial charge in [0.15, 0.2) is 0 Å². The Hall–Kier alpha value is -0.191. The molecule has 0 atom stereocenters. The molecule has 0 fully saturated rings. The van der Waals surface area contributed by atoms with Crippen LogP contribution in [-0.4, -0.2) is 39.3 Å². The molecular weight excluding hydrogens is 197 g/mol. The minimum atomic E-state index is 0. The summed E-state index contributed by atoms with van der Waals surface area (Å²) in [6.45, 7) is 0. The number of hydrogen-bond donors (Lipinski definition) is 0. The number of aromatic nitrogens is 3. The predicted molar refractivity (Wildman–Crippen MR) is 25.6 cm³/mol. The number of rotatable bonds is 0. The van der Waals surface area contributed by atoms with Crippen molar-refractivity contribution in [3.8, 4) is 0 Å². The molecule has 0 unspecified atom stereocenters. The first kappa shape index (κ1) is 6.81. The van der Waals surface area contributed by atoms with Crippen LogP contribution in [0.25, 0.3) is 0 Å². The van der Waals surface area contributed by atoms with Crippen molar-refractivity contribution < 1.29 is 0 Å². The van der Waals surface area contributed by atoms with Gasteiger partial charge in [0, 0.05) is 23.9 Å². The van der Waals surface area contributed by atoms with E-state index in [2.05, 4.69) is 15.4 Å². The van der Waals surface area contributed by atoms with Gasteiger partial charge in [0.2, 0.25) is 0 Å². The minimum absolute atomic E-state index is 0. The van der Waals surface area contributed by atoms with E-state index >= 15 is 0 Å². The molecule has 34 valence electrons. The minimum Gasteiger partial charge on any atom is -0.139 e. The Morgan fingerprint density at radius 3 is 1.71 bits per heavy atom. The van der Waals surface area contributed by atoms with Crippen LogP contribution in [0.2, 0.25) is 0 Å². The topological polar surface area (TPSA) is 38.7 Å². The van der Waals surface area contributed by atoms with Gasteiger partial charge in [-0.1, -0.05) is 0 Å². The molecule has 0 saturated carbocycles. The molecule has 1 heterocycles. The van der Waals surface area contributed by atoms with Gasteiger partial charge in [-0.2, -0.15) is 0 Å². The Kier molecular flexibility index (Phi) is 3.87. The first-order chi connectivity index (χ1) is 3.00. The second-order valence-electron chi connectivity index (χ2n) is 0.811. The zero-order valence-corrected chi connectivity index (χ0v) is 6.43. The summed E-state index contributed by atoms with van der Waals surface area (Å²) in [5.41, 5.74) is 0. The van der Waals surface area contributed by atoms with E-state index in [1.165, 1.54) is 0 Å². The van der Waals surface area contributed by atoms with Crippen LogP contribution in [0.15, 0.2) is 18.5 Å². The van der Waals surface area contributed by atoms with Gasteiger partial charge in [0.1, 0.15) is 0 Å². The van der Waals surface area contributed by atoms with E-state index in [1.54, 1.807) is 18.5 Å². The number of hydrogen-bond acceptors (Lipinski definition) is 3. The Balaban J connectivity index is 0.000000360. The van der Waals surface area contributed by atoms with Gasteiger partial charge in [0.25, 0.3) is 0 Å². The van der Waals surface area contributed by atoms with Crippen molar-refractivity contribution in [1.82, 2.24) is 15.4 Å². The molecule has 0 aromatic carbocycles. The molecule has 0 saturated heterocycles. The van der Waals surface area contributed by atoms with Gasteiger partial charge >= 0.3 is 0 Å². The van der Waals surface area contributed by atoms with Crippen molar-refractivity contribution in [1.29, 1.82) is 0 Å². The van der Waals surface area contributed by atoms with Gasteiger partial charge in [-0.3, -0.25) is 0 Å². The maximum atomic E-state index is 3.42. The van der Waals surface area contributed by atoms with Crippen LogP contribution in [0.5, 0.6) is 0 Å². The fraction of sp³-hybridized carbons (Fsp3) is 0. The molecule has 0 spiro atoms. The average Bonchev–Trinajstić information content (AvgIpc) is 1.72. The van der Waals surface area contributed by atoms with Crippen molar-refractivity contribution in [3.05, 3.63) is 18.5 Å². The monoisotopic (exact) mass is 201 g/mol. The molecule has 3 nitrogen and oxygen atoms in total. The maximum Gasteiger partial charge on any atom is 0.0529 e. The third-order valence-electron chi connectivity index (χ3n) is 0.409. The van der Waals surface area contributed by atoms with Crippen molar-refractivity contribution in [2.24, 2.45) is 0 Å². The molecule has 4 heteroatoms. The fourth-order valence-electron chi connectivity index (χ4n) is 0.205. The molecule has 0 aliphatic heterocycles. The molecule has 0 amide bonds. The molecule has 0 N–H and O–H groups in total. The van der Waals surface area contributed by atoms with Crippen molar-refractivity contribution >= 4 is 23.9 Å². The summed E-state index contributed by atoms with van der Waals surface area (Å²) in [6, 6.07) is 1.72. The van der Waals surface area contributed by atoms with E-state index in [0.717, 1.165) is 0 Å². The predicted octanol–water partition coefficient (Wildman–Crippen LogP) is -0.509. The fourth-order valence-corrected chi connectivity index (χ4v) is 0.205. The molecule has 4 radical (unpaired) electrons. The standard InChI is InChI=1S/C3H3N3.Sn/c1-2-4-6-5-3-1;/h1-3H;. The molecule has 0 aliphatic rings. The summed E-state index contributed by atoms with van der Waals surface area (Å²) < 4.78 is 0. The molecule has 1 aromatic rings. The van der Waals surface area contributed by atoms with Crippen molar-refractivity contribution in [2.75, 3.05) is 0 Å². The summed E-state index contributed by atoms with van der Waals surface area (Å²) in [4.78, 5) is 0. The van der Waals surface area contributed by atoms with E-state index in [-0.39, 0.29) is 23.9 Å². The summed E-state index contributed by atoms with van der Waals surface area (Å²) in [7, 11) is 0. The Morgan fingerprint density at radius 2 is 1.57 bits per heavy atom. The molecule has 1 rings (SSSR count). The second-order valence-corrected chi connectivity index (χ2v) is 0.811. The zero-order valence-electron chi connectivity index (χ0n) is 3.57. The van der Waals surface area contributed by atoms with E-state index in [4.69, 9.17) is 0 Å². The van der Waals surface area contributed by atoms with E-state index in [9.17, 15) is 0 Å². The van der Waals surface area contributed by atoms with E-state index in [1.807, 2.05) is 0 Å². The van der Waals surface area contributed by atoms with Gasteiger partial charge in [0.05, 0.1) is 12.4 Å². The molecule has 0 aliphatic carbocycles. The summed E-state index contributed by atoms with van der Waals surface area (Å²) in [5, 5.41) is 10.1. The average molecular weight is 200 g/mol. The molecule has 1 aromatic heterocycles. The van der Waals surface area contributed by atoms with Gasteiger partial charge in [-0.15, -0.1) is 10.2 Å². The first-order valence-corrected chi connectivity index (χ1v) is 1.58. The quantitative estimate of drug-likeness (QED) is 0.529. The summed E-state index contributed by atoms with van der Waals surface area (Å²) >= 11 is 0. The summed E-state index contributed by atoms with van der Waals surface area (Å²) in [6.07, 6.45) is 3.15. The van der Waals surface area contributed by atoms with Gasteiger partial charge in [-0.25, -0.2) is 0 Å². The van der Waals surface area contributed by atoms with Crippen molar-refractivity contribution in [2.45, 2.75) is 0 Å². The second kappa shape index (κ2) is 3.98. The van der Waals surface area contributed by atoms with Crippen LogP contribution in [0.1, 0.15) is 0 Å². The first-order valence-electron chi connectivity index (χ1n) is 1.58. The van der Waals surface area contributed by atoms with Gasteiger partial charge in [-0.05, 0) is 11.3 Å². The maximum absolute atomic E-state index is 3.42. The van der Waals surface area contributed by atoms with Gasteiger partial charge < -0.3 is 0 Å². The summed E-state index contributed by atoms with van der Waals surface area (Å²) in [5.74, 6) is 0. The van der Waals surface area contributed by atoms with Crippen molar-refractivity contribution in [3.63, 3.8) is 0 Å². The van der Waals surface area contributed by atoms with E-state index in [0.29, 0.717) is 0 Å². The van der Waals surface area contributed by atoms with Crippen LogP contribution in [0.4, 0.5) is 0 Å². The third-order valence-corrected chi connectivity index (χ3v) is 0.409. The van der Waals surface area contributed by atoms with Crippen LogP contribution >= 0.6 is 0 Å². The van der Waals surface area contributed by atoms with Crippen LogP contribution < -0.4 is 0 Å². The Morgan fingerprint density at radius 1 is 1.00 bits per heavy atom. The Labute approximate surface area is 58.1 Å². The van der Waals surface area contributed by atoms with Crippen LogP contribution in [-0.2, 0) is 0 Å². The molecule has 0 bridgehead atoms.